The van der Waals surface area contributed by atoms with Gasteiger partial charge in [0, 0.05) is 35.9 Å². The van der Waals surface area contributed by atoms with Crippen LogP contribution in [0.4, 0.5) is 23.5 Å². The summed E-state index contributed by atoms with van der Waals surface area (Å²) in [4.78, 5) is 13.3. The van der Waals surface area contributed by atoms with Gasteiger partial charge in [0.15, 0.2) is 9.84 Å². The monoisotopic (exact) mass is 603 g/mol. The number of piperidine rings is 1. The summed E-state index contributed by atoms with van der Waals surface area (Å²) >= 11 is 0. The third-order valence-corrected chi connectivity index (χ3v) is 8.59. The van der Waals surface area contributed by atoms with Crippen LogP contribution in [0.25, 0.3) is 22.0 Å². The fourth-order valence-electron chi connectivity index (χ4n) is 4.86. The smallest absolute Gasteiger partial charge is 0.390 e. The molecule has 5 rings (SSSR count). The summed E-state index contributed by atoms with van der Waals surface area (Å²) in [5.41, 5.74) is 1.37. The van der Waals surface area contributed by atoms with Gasteiger partial charge in [-0.3, -0.25) is 0 Å². The van der Waals surface area contributed by atoms with Gasteiger partial charge in [-0.15, -0.1) is 0 Å². The van der Waals surface area contributed by atoms with E-state index in [1.165, 1.54) is 25.3 Å². The van der Waals surface area contributed by atoms with Crippen molar-refractivity contribution in [2.45, 2.75) is 44.2 Å². The number of sulfone groups is 1. The molecule has 0 bridgehead atoms. The average molecular weight is 604 g/mol. The maximum atomic E-state index is 15.2. The number of ether oxygens (including phenoxy) is 1. The molecule has 8 nitrogen and oxygen atoms in total. The van der Waals surface area contributed by atoms with E-state index in [1.54, 1.807) is 36.5 Å². The van der Waals surface area contributed by atoms with Gasteiger partial charge in [-0.05, 0) is 61.5 Å². The number of hydrogen-bond donors (Lipinski definition) is 2. The van der Waals surface area contributed by atoms with E-state index in [9.17, 15) is 21.6 Å². The van der Waals surface area contributed by atoms with E-state index in [1.807, 2.05) is 0 Å². The molecule has 0 amide bonds. The molecule has 4 aromatic rings. The molecule has 2 N–H and O–H groups in total. The van der Waals surface area contributed by atoms with Crippen LogP contribution in [-0.2, 0) is 15.6 Å². The van der Waals surface area contributed by atoms with Crippen LogP contribution in [0.3, 0.4) is 0 Å². The molecule has 1 saturated heterocycles. The SMILES string of the molecule is Cc1c(F)cc2c(CS(=O)(=O)CCC(F)(F)F)cccc2c1Oc1ncccc1-c1ccnc(N[C@H]2CCCNC2)n1. The van der Waals surface area contributed by atoms with Crippen molar-refractivity contribution in [3.8, 4) is 22.9 Å². The normalized spacial score (nSPS) is 16.0. The predicted octanol–water partition coefficient (Wildman–Crippen LogP) is 5.96. The number of aromatic nitrogens is 3. The molecule has 1 fully saturated rings. The highest BCUT2D eigenvalue weighted by atomic mass is 32.2. The molecule has 1 aliphatic rings. The Balaban J connectivity index is 1.48. The predicted molar refractivity (Wildman–Crippen MR) is 152 cm³/mol. The van der Waals surface area contributed by atoms with Crippen molar-refractivity contribution in [1.29, 1.82) is 0 Å². The number of hydrogen-bond acceptors (Lipinski definition) is 8. The maximum Gasteiger partial charge on any atom is 0.390 e. The number of fused-ring (bicyclic) bond motifs is 1. The molecule has 222 valence electrons. The van der Waals surface area contributed by atoms with Crippen molar-refractivity contribution >= 4 is 26.6 Å². The van der Waals surface area contributed by atoms with Gasteiger partial charge in [0.25, 0.3) is 0 Å². The van der Waals surface area contributed by atoms with E-state index >= 15 is 4.39 Å². The summed E-state index contributed by atoms with van der Waals surface area (Å²) < 4.78 is 84.4. The number of nitrogens with zero attached hydrogens (tertiary/aromatic N) is 3. The van der Waals surface area contributed by atoms with Crippen molar-refractivity contribution in [3.05, 3.63) is 71.8 Å². The summed E-state index contributed by atoms with van der Waals surface area (Å²) in [7, 11) is -4.13. The quantitative estimate of drug-likeness (QED) is 0.226. The number of benzene rings is 2. The van der Waals surface area contributed by atoms with Gasteiger partial charge in [-0.25, -0.2) is 27.8 Å². The van der Waals surface area contributed by atoms with Gasteiger partial charge in [0.05, 0.1) is 29.2 Å². The molecule has 2 aromatic carbocycles. The molecule has 0 aliphatic carbocycles. The first-order valence-corrected chi connectivity index (χ1v) is 15.2. The Morgan fingerprint density at radius 1 is 1.10 bits per heavy atom. The van der Waals surface area contributed by atoms with Crippen LogP contribution in [-0.4, -0.2) is 54.4 Å². The van der Waals surface area contributed by atoms with Crippen LogP contribution in [0.1, 0.15) is 30.4 Å². The van der Waals surface area contributed by atoms with E-state index in [0.29, 0.717) is 22.6 Å². The lowest BCUT2D eigenvalue weighted by Crippen LogP contribution is -2.38. The Kier molecular flexibility index (Phi) is 8.60. The molecule has 13 heteroatoms. The van der Waals surface area contributed by atoms with Gasteiger partial charge >= 0.3 is 6.18 Å². The number of halogens is 4. The molecule has 2 aromatic heterocycles. The first-order chi connectivity index (χ1) is 20.0. The molecule has 0 radical (unpaired) electrons. The fourth-order valence-corrected chi connectivity index (χ4v) is 6.28. The lowest BCUT2D eigenvalue weighted by atomic mass is 10.0. The zero-order valence-corrected chi connectivity index (χ0v) is 23.5. The Morgan fingerprint density at radius 3 is 2.69 bits per heavy atom. The lowest BCUT2D eigenvalue weighted by molar-refractivity contribution is -0.129. The van der Waals surface area contributed by atoms with Gasteiger partial charge in [0.2, 0.25) is 11.8 Å². The maximum absolute atomic E-state index is 15.2. The minimum Gasteiger partial charge on any atom is -0.437 e. The zero-order chi connectivity index (χ0) is 29.9. The second-order valence-corrected chi connectivity index (χ2v) is 12.4. The van der Waals surface area contributed by atoms with Gasteiger partial charge in [-0.1, -0.05) is 18.2 Å². The Bertz CT molecular complexity index is 1690. The summed E-state index contributed by atoms with van der Waals surface area (Å²) in [6.07, 6.45) is -0.903. The average Bonchev–Trinajstić information content (AvgIpc) is 2.95. The van der Waals surface area contributed by atoms with Crippen LogP contribution in [0.15, 0.2) is 54.9 Å². The minimum absolute atomic E-state index is 0.111. The van der Waals surface area contributed by atoms with Crippen molar-refractivity contribution in [1.82, 2.24) is 20.3 Å². The number of anilines is 1. The van der Waals surface area contributed by atoms with E-state index in [0.717, 1.165) is 25.9 Å². The third kappa shape index (κ3) is 7.13. The number of pyridine rings is 1. The van der Waals surface area contributed by atoms with E-state index in [4.69, 9.17) is 4.74 Å². The summed E-state index contributed by atoms with van der Waals surface area (Å²) in [6, 6.07) is 11.2. The second-order valence-electron chi connectivity index (χ2n) is 10.2. The van der Waals surface area contributed by atoms with Crippen LogP contribution in [0, 0.1) is 12.7 Å². The van der Waals surface area contributed by atoms with Gasteiger partial charge in [-0.2, -0.15) is 13.2 Å². The second kappa shape index (κ2) is 12.2. The number of alkyl halides is 3. The molecule has 3 heterocycles. The number of nitrogens with one attached hydrogen (secondary N) is 2. The van der Waals surface area contributed by atoms with Crippen LogP contribution < -0.4 is 15.4 Å². The Hall–Kier alpha value is -3.84. The van der Waals surface area contributed by atoms with Crippen molar-refractivity contribution in [2.75, 3.05) is 24.2 Å². The highest BCUT2D eigenvalue weighted by molar-refractivity contribution is 7.90. The molecule has 1 aliphatic heterocycles. The highest BCUT2D eigenvalue weighted by Gasteiger charge is 2.30. The first-order valence-electron chi connectivity index (χ1n) is 13.4. The highest BCUT2D eigenvalue weighted by Crippen LogP contribution is 2.39. The zero-order valence-electron chi connectivity index (χ0n) is 22.7. The largest absolute Gasteiger partial charge is 0.437 e. The fraction of sp³-hybridized carbons (Fsp3) is 0.345. The molecular formula is C29H29F4N5O3S. The molecule has 0 saturated carbocycles. The first kappa shape index (κ1) is 29.6. The van der Waals surface area contributed by atoms with Crippen molar-refractivity contribution < 1.29 is 30.7 Å². The standard InChI is InChI=1S/C29H29F4N5O3S/c1-18-24(30)15-23-19(17-42(39,40)14-10-29(31,32)33)5-2-7-21(23)26(18)41-27-22(8-4-12-35-27)25-9-13-36-28(38-25)37-20-6-3-11-34-16-20/h2,4-5,7-9,12-13,15,20,34H,3,6,10-11,14,16-17H2,1H3,(H,36,37,38)/t20-/m0/s1. The Labute approximate surface area is 240 Å². The molecule has 0 unspecified atom stereocenters. The third-order valence-electron chi connectivity index (χ3n) is 7.01. The van der Waals surface area contributed by atoms with E-state index in [-0.39, 0.29) is 34.2 Å². The van der Waals surface area contributed by atoms with Crippen molar-refractivity contribution in [3.63, 3.8) is 0 Å². The van der Waals surface area contributed by atoms with Crippen LogP contribution in [0.2, 0.25) is 0 Å². The topological polar surface area (TPSA) is 106 Å². The lowest BCUT2D eigenvalue weighted by Gasteiger charge is -2.23. The molecule has 0 spiro atoms. The molecule has 1 atom stereocenters. The summed E-state index contributed by atoms with van der Waals surface area (Å²) in [5.74, 6) is -1.70. The van der Waals surface area contributed by atoms with Gasteiger partial charge in [0.1, 0.15) is 11.6 Å². The molecular weight excluding hydrogens is 574 g/mol. The summed E-state index contributed by atoms with van der Waals surface area (Å²) in [5, 5.41) is 7.28. The van der Waals surface area contributed by atoms with E-state index < -0.39 is 39.8 Å². The van der Waals surface area contributed by atoms with E-state index in [2.05, 4.69) is 25.6 Å². The van der Waals surface area contributed by atoms with Crippen LogP contribution in [0.5, 0.6) is 11.6 Å². The number of rotatable bonds is 9. The minimum atomic E-state index is -4.61. The van der Waals surface area contributed by atoms with Crippen molar-refractivity contribution in [2.24, 2.45) is 0 Å². The summed E-state index contributed by atoms with van der Waals surface area (Å²) in [6.45, 7) is 3.29. The van der Waals surface area contributed by atoms with Gasteiger partial charge < -0.3 is 15.4 Å². The molecule has 42 heavy (non-hydrogen) atoms. The Morgan fingerprint density at radius 2 is 1.93 bits per heavy atom. The van der Waals surface area contributed by atoms with Crippen LogP contribution >= 0.6 is 0 Å².